The van der Waals surface area contributed by atoms with Gasteiger partial charge in [-0.25, -0.2) is 9.18 Å². The number of rotatable bonds is 5. The van der Waals surface area contributed by atoms with Gasteiger partial charge in [0.1, 0.15) is 17.3 Å². The number of aromatic nitrogens is 3. The summed E-state index contributed by atoms with van der Waals surface area (Å²) >= 11 is 6.51. The second-order valence-electron chi connectivity index (χ2n) is 8.46. The number of hydrogen-bond acceptors (Lipinski definition) is 4. The summed E-state index contributed by atoms with van der Waals surface area (Å²) in [6.45, 7) is 6.30. The van der Waals surface area contributed by atoms with E-state index >= 15 is 0 Å². The van der Waals surface area contributed by atoms with E-state index in [0.717, 1.165) is 11.1 Å². The Morgan fingerprint density at radius 3 is 2.80 bits per heavy atom. The maximum absolute atomic E-state index is 13.7. The molecule has 178 valence electrons. The fourth-order valence-electron chi connectivity index (χ4n) is 4.55. The van der Waals surface area contributed by atoms with Crippen molar-refractivity contribution in [1.29, 1.82) is 0 Å². The van der Waals surface area contributed by atoms with Crippen LogP contribution in [0.1, 0.15) is 18.0 Å². The average molecular weight is 493 g/mol. The highest BCUT2D eigenvalue weighted by Crippen LogP contribution is 2.33. The number of carbonyl (C=O) groups excluding carboxylic acids is 1. The molecule has 0 unspecified atom stereocenters. The average Bonchev–Trinajstić information content (AvgIpc) is 3.41. The number of hydrogen-bond donors (Lipinski definition) is 0. The standard InChI is InChI=1S/C26H22ClFN4O3/c1-3-25(33)30-9-7-19(15-30)32-22-6-8-29-14-23(22)31(26(32)34)18-4-5-24(21(27)13-18)35-20-11-16(2)10-17(28)12-20/h3-6,8,10-14,19H,1,7,9,15H2,2H3/t19-/m1/s1. The Hall–Kier alpha value is -3.91. The molecule has 1 atom stereocenters. The number of halogens is 2. The van der Waals surface area contributed by atoms with E-state index in [1.807, 2.05) is 0 Å². The second-order valence-corrected chi connectivity index (χ2v) is 8.87. The van der Waals surface area contributed by atoms with E-state index < -0.39 is 5.82 Å². The third-order valence-electron chi connectivity index (χ3n) is 6.11. The van der Waals surface area contributed by atoms with Gasteiger partial charge in [0.05, 0.1) is 34.0 Å². The molecule has 0 radical (unpaired) electrons. The molecular formula is C26H22ClFN4O3. The van der Waals surface area contributed by atoms with Crippen molar-refractivity contribution in [1.82, 2.24) is 19.0 Å². The number of benzene rings is 2. The normalized spacial score (nSPS) is 15.5. The lowest BCUT2D eigenvalue weighted by Gasteiger charge is -2.15. The Morgan fingerprint density at radius 1 is 1.23 bits per heavy atom. The molecule has 2 aromatic heterocycles. The number of amides is 1. The Balaban J connectivity index is 1.54. The maximum atomic E-state index is 13.7. The van der Waals surface area contributed by atoms with Gasteiger partial charge in [-0.1, -0.05) is 18.2 Å². The zero-order valence-electron chi connectivity index (χ0n) is 18.9. The number of imidazole rings is 1. The minimum absolute atomic E-state index is 0.151. The van der Waals surface area contributed by atoms with Crippen molar-refractivity contribution in [2.75, 3.05) is 13.1 Å². The molecule has 0 aliphatic carbocycles. The molecule has 0 saturated carbocycles. The van der Waals surface area contributed by atoms with Crippen LogP contribution in [0.2, 0.25) is 5.02 Å². The first-order valence-corrected chi connectivity index (χ1v) is 11.5. The third kappa shape index (κ3) is 4.21. The van der Waals surface area contributed by atoms with Gasteiger partial charge in [0.15, 0.2) is 0 Å². The van der Waals surface area contributed by atoms with E-state index in [-0.39, 0.29) is 22.7 Å². The molecule has 0 N–H and O–H groups in total. The summed E-state index contributed by atoms with van der Waals surface area (Å²) in [6, 6.07) is 11.0. The predicted molar refractivity (Wildman–Crippen MR) is 132 cm³/mol. The number of carbonyl (C=O) groups is 1. The summed E-state index contributed by atoms with van der Waals surface area (Å²) in [5.74, 6) is 0.112. The molecule has 0 spiro atoms. The molecule has 1 amide bonds. The van der Waals surface area contributed by atoms with Crippen LogP contribution in [0.5, 0.6) is 11.5 Å². The minimum Gasteiger partial charge on any atom is -0.456 e. The van der Waals surface area contributed by atoms with Gasteiger partial charge in [0.2, 0.25) is 5.91 Å². The van der Waals surface area contributed by atoms with Crippen molar-refractivity contribution in [3.63, 3.8) is 0 Å². The van der Waals surface area contributed by atoms with E-state index in [4.69, 9.17) is 16.3 Å². The van der Waals surface area contributed by atoms with Crippen LogP contribution in [0.25, 0.3) is 16.7 Å². The van der Waals surface area contributed by atoms with Crippen LogP contribution in [-0.4, -0.2) is 38.0 Å². The molecule has 1 aliphatic heterocycles. The van der Waals surface area contributed by atoms with Gasteiger partial charge < -0.3 is 9.64 Å². The van der Waals surface area contributed by atoms with Crippen molar-refractivity contribution < 1.29 is 13.9 Å². The van der Waals surface area contributed by atoms with E-state index in [0.29, 0.717) is 42.2 Å². The predicted octanol–water partition coefficient (Wildman–Crippen LogP) is 5.04. The maximum Gasteiger partial charge on any atom is 0.334 e. The molecule has 1 saturated heterocycles. The summed E-state index contributed by atoms with van der Waals surface area (Å²) in [6.07, 6.45) is 5.20. The number of nitrogens with zero attached hydrogens (tertiary/aromatic N) is 4. The molecule has 7 nitrogen and oxygen atoms in total. The molecule has 5 rings (SSSR count). The van der Waals surface area contributed by atoms with Gasteiger partial charge >= 0.3 is 5.69 Å². The summed E-state index contributed by atoms with van der Waals surface area (Å²) < 4.78 is 22.8. The first kappa shape index (κ1) is 22.9. The number of likely N-dealkylation sites (tertiary alicyclic amines) is 1. The van der Waals surface area contributed by atoms with Gasteiger partial charge in [-0.15, -0.1) is 0 Å². The third-order valence-corrected chi connectivity index (χ3v) is 6.40. The van der Waals surface area contributed by atoms with Crippen molar-refractivity contribution in [3.05, 3.63) is 94.4 Å². The molecule has 1 fully saturated rings. The minimum atomic E-state index is -0.403. The van der Waals surface area contributed by atoms with Crippen LogP contribution < -0.4 is 10.4 Å². The first-order valence-electron chi connectivity index (χ1n) is 11.1. The fourth-order valence-corrected chi connectivity index (χ4v) is 4.77. The topological polar surface area (TPSA) is 69.4 Å². The molecule has 1 aliphatic rings. The highest BCUT2D eigenvalue weighted by molar-refractivity contribution is 6.32. The highest BCUT2D eigenvalue weighted by atomic mass is 35.5. The van der Waals surface area contributed by atoms with E-state index in [2.05, 4.69) is 11.6 Å². The Bertz CT molecular complexity index is 1510. The Labute approximate surface area is 205 Å². The van der Waals surface area contributed by atoms with E-state index in [9.17, 15) is 14.0 Å². The molecule has 2 aromatic carbocycles. The van der Waals surface area contributed by atoms with Crippen LogP contribution in [0.15, 0.2) is 72.3 Å². The summed E-state index contributed by atoms with van der Waals surface area (Å²) in [4.78, 5) is 31.6. The lowest BCUT2D eigenvalue weighted by atomic mass is 10.2. The lowest BCUT2D eigenvalue weighted by molar-refractivity contribution is -0.125. The first-order chi connectivity index (χ1) is 16.9. The molecular weight excluding hydrogens is 471 g/mol. The van der Waals surface area contributed by atoms with E-state index in [1.54, 1.807) is 63.7 Å². The van der Waals surface area contributed by atoms with Gasteiger partial charge in [0, 0.05) is 25.4 Å². The lowest BCUT2D eigenvalue weighted by Crippen LogP contribution is -2.31. The monoisotopic (exact) mass is 492 g/mol. The smallest absolute Gasteiger partial charge is 0.334 e. The van der Waals surface area contributed by atoms with Crippen LogP contribution in [-0.2, 0) is 4.79 Å². The number of aryl methyl sites for hydroxylation is 1. The SMILES string of the molecule is C=CC(=O)N1CC[C@@H](n2c(=O)n(-c3ccc(Oc4cc(C)cc(F)c4)c(Cl)c3)c3cnccc32)C1. The van der Waals surface area contributed by atoms with Crippen LogP contribution in [0.4, 0.5) is 4.39 Å². The molecule has 35 heavy (non-hydrogen) atoms. The summed E-state index contributed by atoms with van der Waals surface area (Å²) in [7, 11) is 0. The highest BCUT2D eigenvalue weighted by Gasteiger charge is 2.30. The number of fused-ring (bicyclic) bond motifs is 1. The van der Waals surface area contributed by atoms with Crippen LogP contribution >= 0.6 is 11.6 Å². The summed E-state index contributed by atoms with van der Waals surface area (Å²) in [5, 5.41) is 0.268. The van der Waals surface area contributed by atoms with E-state index in [1.165, 1.54) is 18.2 Å². The molecule has 3 heterocycles. The van der Waals surface area contributed by atoms with Crippen molar-refractivity contribution in [2.45, 2.75) is 19.4 Å². The molecule has 0 bridgehead atoms. The van der Waals surface area contributed by atoms with Gasteiger partial charge in [-0.2, -0.15) is 0 Å². The van der Waals surface area contributed by atoms with Gasteiger partial charge in [-0.3, -0.25) is 18.9 Å². The van der Waals surface area contributed by atoms with Crippen LogP contribution in [0, 0.1) is 12.7 Å². The number of ether oxygens (including phenoxy) is 1. The van der Waals surface area contributed by atoms with Crippen molar-refractivity contribution >= 4 is 28.5 Å². The van der Waals surface area contributed by atoms with Gasteiger partial charge in [0.25, 0.3) is 0 Å². The van der Waals surface area contributed by atoms with Crippen molar-refractivity contribution in [2.24, 2.45) is 0 Å². The van der Waals surface area contributed by atoms with Crippen molar-refractivity contribution in [3.8, 4) is 17.2 Å². The Morgan fingerprint density at radius 2 is 2.06 bits per heavy atom. The fraction of sp³-hybridized carbons (Fsp3) is 0.192. The zero-order chi connectivity index (χ0) is 24.7. The second kappa shape index (κ2) is 9.03. The Kier molecular flexibility index (Phi) is 5.90. The quantitative estimate of drug-likeness (QED) is 0.366. The zero-order valence-corrected chi connectivity index (χ0v) is 19.7. The van der Waals surface area contributed by atoms with Gasteiger partial charge in [-0.05, 0) is 61.4 Å². The molecule has 4 aromatic rings. The van der Waals surface area contributed by atoms with Crippen LogP contribution in [0.3, 0.4) is 0 Å². The number of pyridine rings is 1. The summed E-state index contributed by atoms with van der Waals surface area (Å²) in [5.41, 5.74) is 2.35. The largest absolute Gasteiger partial charge is 0.456 e. The molecule has 9 heteroatoms.